The zero-order valence-electron chi connectivity index (χ0n) is 10.5. The molecule has 4 nitrogen and oxygen atoms in total. The average molecular weight is 291 g/mol. The molecule has 1 aliphatic heterocycles. The first-order chi connectivity index (χ1) is 8.24. The molecule has 0 amide bonds. The van der Waals surface area contributed by atoms with E-state index < -0.39 is 15.3 Å². The van der Waals surface area contributed by atoms with E-state index >= 15 is 0 Å². The molecule has 2 rings (SSSR count). The van der Waals surface area contributed by atoms with E-state index in [0.29, 0.717) is 16.5 Å². The van der Waals surface area contributed by atoms with Gasteiger partial charge in [-0.25, -0.2) is 0 Å². The molecule has 18 heavy (non-hydrogen) atoms. The summed E-state index contributed by atoms with van der Waals surface area (Å²) in [6, 6.07) is 5.26. The summed E-state index contributed by atoms with van der Waals surface area (Å²) in [4.78, 5) is 0. The molecule has 0 saturated carbocycles. The molecule has 102 valence electrons. The van der Waals surface area contributed by atoms with Crippen molar-refractivity contribution in [1.29, 1.82) is 0 Å². The molecule has 0 unspecified atom stereocenters. The van der Waals surface area contributed by atoms with Crippen LogP contribution in [-0.4, -0.2) is 25.6 Å². The van der Waals surface area contributed by atoms with Gasteiger partial charge in [-0.05, 0) is 38.5 Å². The highest BCUT2D eigenvalue weighted by Gasteiger charge is 2.47. The maximum Gasteiger partial charge on any atom is 0.0738 e. The van der Waals surface area contributed by atoms with E-state index in [1.807, 2.05) is 19.9 Å². The van der Waals surface area contributed by atoms with Crippen molar-refractivity contribution in [1.82, 2.24) is 0 Å². The van der Waals surface area contributed by atoms with E-state index in [2.05, 4.69) is 5.32 Å². The number of nitrogen functional groups attached to an aromatic ring is 1. The molecule has 1 heterocycles. The van der Waals surface area contributed by atoms with Crippen LogP contribution >= 0.6 is 22.2 Å². The molecule has 0 aromatic heterocycles. The predicted molar refractivity (Wildman–Crippen MR) is 79.7 cm³/mol. The molecule has 0 spiro atoms. The van der Waals surface area contributed by atoms with Crippen LogP contribution in [0, 0.1) is 0 Å². The summed E-state index contributed by atoms with van der Waals surface area (Å²) in [5.74, 6) is 0.436. The van der Waals surface area contributed by atoms with Crippen LogP contribution in [0.4, 0.5) is 11.4 Å². The monoisotopic (exact) mass is 290 g/mol. The van der Waals surface area contributed by atoms with Crippen molar-refractivity contribution in [3.63, 3.8) is 0 Å². The molecule has 1 fully saturated rings. The summed E-state index contributed by atoms with van der Waals surface area (Å²) in [6.45, 7) is 3.75. The van der Waals surface area contributed by atoms with Gasteiger partial charge in [0.15, 0.2) is 0 Å². The zero-order valence-corrected chi connectivity index (χ0v) is 12.1. The Labute approximate surface area is 114 Å². The molecule has 1 aromatic carbocycles. The Balaban J connectivity index is 2.20. The SMILES string of the molecule is CC1(C)[C@H](Nc2ccc(Cl)cc2N)CCS1(O)O. The van der Waals surface area contributed by atoms with Gasteiger partial charge >= 0.3 is 0 Å². The third-order valence-corrected chi connectivity index (χ3v) is 6.73. The molecular weight excluding hydrogens is 272 g/mol. The lowest BCUT2D eigenvalue weighted by Crippen LogP contribution is -2.39. The van der Waals surface area contributed by atoms with E-state index in [-0.39, 0.29) is 6.04 Å². The maximum absolute atomic E-state index is 10.0. The summed E-state index contributed by atoms with van der Waals surface area (Å²) >= 11 is 5.85. The Morgan fingerprint density at radius 3 is 2.61 bits per heavy atom. The number of nitrogens with one attached hydrogen (secondary N) is 1. The van der Waals surface area contributed by atoms with Crippen LogP contribution < -0.4 is 11.1 Å². The van der Waals surface area contributed by atoms with Crippen molar-refractivity contribution < 1.29 is 9.11 Å². The minimum absolute atomic E-state index is 0.00836. The highest BCUT2D eigenvalue weighted by atomic mass is 35.5. The number of rotatable bonds is 2. The van der Waals surface area contributed by atoms with Crippen LogP contribution in [0.25, 0.3) is 0 Å². The fourth-order valence-corrected chi connectivity index (χ4v) is 4.12. The quantitative estimate of drug-likeness (QED) is 0.627. The lowest BCUT2D eigenvalue weighted by molar-refractivity contribution is 0.447. The molecule has 1 aromatic rings. The summed E-state index contributed by atoms with van der Waals surface area (Å²) < 4.78 is 19.5. The van der Waals surface area contributed by atoms with Gasteiger partial charge in [0, 0.05) is 10.8 Å². The van der Waals surface area contributed by atoms with Gasteiger partial charge in [0.1, 0.15) is 0 Å². The molecule has 5 N–H and O–H groups in total. The van der Waals surface area contributed by atoms with Crippen molar-refractivity contribution in [2.24, 2.45) is 0 Å². The first-order valence-corrected chi connectivity index (χ1v) is 7.90. The minimum atomic E-state index is -2.54. The van der Waals surface area contributed by atoms with Crippen molar-refractivity contribution in [2.75, 3.05) is 16.8 Å². The number of halogens is 1. The molecule has 1 aliphatic rings. The van der Waals surface area contributed by atoms with E-state index in [9.17, 15) is 9.11 Å². The summed E-state index contributed by atoms with van der Waals surface area (Å²) in [7, 11) is -2.54. The van der Waals surface area contributed by atoms with Crippen LogP contribution in [0.15, 0.2) is 18.2 Å². The molecule has 1 atom stereocenters. The molecule has 6 heteroatoms. The van der Waals surface area contributed by atoms with E-state index in [1.54, 1.807) is 12.1 Å². The van der Waals surface area contributed by atoms with Gasteiger partial charge in [0.2, 0.25) is 0 Å². The fraction of sp³-hybridized carbons (Fsp3) is 0.500. The Morgan fingerprint density at radius 1 is 1.44 bits per heavy atom. The predicted octanol–water partition coefficient (Wildman–Crippen LogP) is 3.64. The summed E-state index contributed by atoms with van der Waals surface area (Å²) in [6.07, 6.45) is 0.720. The Hall–Kier alpha value is -0.620. The standard InChI is InChI=1S/C12H19ClN2O2S/c1-12(2)11(5-6-18(12,16)17)15-10-4-3-8(13)7-9(10)14/h3-4,7,11,15-17H,5-6,14H2,1-2H3/t11-/m1/s1. The molecular formula is C12H19ClN2O2S. The zero-order chi connectivity index (χ0) is 13.6. The number of benzene rings is 1. The maximum atomic E-state index is 10.0. The van der Waals surface area contributed by atoms with Gasteiger partial charge in [-0.15, -0.1) is 0 Å². The van der Waals surface area contributed by atoms with Crippen LogP contribution in [-0.2, 0) is 0 Å². The normalized spacial score (nSPS) is 26.8. The highest BCUT2D eigenvalue weighted by Crippen LogP contribution is 2.60. The van der Waals surface area contributed by atoms with E-state index in [4.69, 9.17) is 17.3 Å². The van der Waals surface area contributed by atoms with Crippen LogP contribution in [0.5, 0.6) is 0 Å². The second-order valence-electron chi connectivity index (χ2n) is 5.19. The second-order valence-corrected chi connectivity index (χ2v) is 8.42. The number of nitrogens with two attached hydrogens (primary N) is 1. The number of hydrogen-bond acceptors (Lipinski definition) is 4. The Bertz CT molecular complexity index is 465. The van der Waals surface area contributed by atoms with E-state index in [1.165, 1.54) is 0 Å². The van der Waals surface area contributed by atoms with Crippen molar-refractivity contribution in [3.05, 3.63) is 23.2 Å². The number of anilines is 2. The van der Waals surface area contributed by atoms with Gasteiger partial charge < -0.3 is 11.1 Å². The van der Waals surface area contributed by atoms with Crippen molar-refractivity contribution in [2.45, 2.75) is 31.1 Å². The Kier molecular flexibility index (Phi) is 3.44. The minimum Gasteiger partial charge on any atom is -0.397 e. The van der Waals surface area contributed by atoms with Gasteiger partial charge in [-0.1, -0.05) is 11.6 Å². The Morgan fingerprint density at radius 2 is 2.11 bits per heavy atom. The lowest BCUT2D eigenvalue weighted by Gasteiger charge is -2.43. The van der Waals surface area contributed by atoms with Gasteiger partial charge in [-0.2, -0.15) is 10.6 Å². The van der Waals surface area contributed by atoms with Crippen molar-refractivity contribution in [3.8, 4) is 0 Å². The average Bonchev–Trinajstić information content (AvgIpc) is 2.44. The molecule has 0 aliphatic carbocycles. The van der Waals surface area contributed by atoms with Crippen LogP contribution in [0.1, 0.15) is 20.3 Å². The third kappa shape index (κ3) is 2.28. The van der Waals surface area contributed by atoms with Crippen LogP contribution in [0.2, 0.25) is 5.02 Å². The largest absolute Gasteiger partial charge is 0.397 e. The fourth-order valence-electron chi connectivity index (χ4n) is 2.22. The van der Waals surface area contributed by atoms with Crippen molar-refractivity contribution >= 4 is 33.6 Å². The molecule has 1 saturated heterocycles. The summed E-state index contributed by atoms with van der Waals surface area (Å²) in [5, 5.41) is 3.89. The summed E-state index contributed by atoms with van der Waals surface area (Å²) in [5.41, 5.74) is 7.25. The van der Waals surface area contributed by atoms with E-state index in [0.717, 1.165) is 12.1 Å². The smallest absolute Gasteiger partial charge is 0.0738 e. The topological polar surface area (TPSA) is 78.5 Å². The number of hydrogen-bond donors (Lipinski definition) is 4. The van der Waals surface area contributed by atoms with Gasteiger partial charge in [0.25, 0.3) is 0 Å². The lowest BCUT2D eigenvalue weighted by atomic mass is 10.0. The molecule has 0 radical (unpaired) electrons. The van der Waals surface area contributed by atoms with Gasteiger partial charge in [0.05, 0.1) is 22.2 Å². The third-order valence-electron chi connectivity index (χ3n) is 3.72. The first kappa shape index (κ1) is 13.8. The van der Waals surface area contributed by atoms with Crippen LogP contribution in [0.3, 0.4) is 0 Å². The molecule has 0 bridgehead atoms. The van der Waals surface area contributed by atoms with Gasteiger partial charge in [-0.3, -0.25) is 9.11 Å². The highest BCUT2D eigenvalue weighted by molar-refractivity contribution is 8.25. The first-order valence-electron chi connectivity index (χ1n) is 5.81. The second kappa shape index (κ2) is 4.49.